The summed E-state index contributed by atoms with van der Waals surface area (Å²) in [6.45, 7) is 6.34. The van der Waals surface area contributed by atoms with Crippen LogP contribution in [0.3, 0.4) is 0 Å². The van der Waals surface area contributed by atoms with Crippen LogP contribution in [0.1, 0.15) is 5.56 Å². The molecule has 1 aromatic heterocycles. The summed E-state index contributed by atoms with van der Waals surface area (Å²) in [6.07, 6.45) is 3.32. The van der Waals surface area contributed by atoms with Gasteiger partial charge in [0.25, 0.3) is 5.91 Å². The Hall–Kier alpha value is -1.68. The van der Waals surface area contributed by atoms with Crippen molar-refractivity contribution < 1.29 is 9.53 Å². The van der Waals surface area contributed by atoms with Crippen molar-refractivity contribution in [3.63, 3.8) is 0 Å². The molecule has 0 saturated carbocycles. The van der Waals surface area contributed by atoms with Crippen molar-refractivity contribution >= 4 is 11.5 Å². The monoisotopic (exact) mass is 218 g/mol. The SMILES string of the molecule is C=C(C(=O)N1CCOCC1)c1ccncc1. The molecule has 84 valence electrons. The molecule has 0 atom stereocenters. The average molecular weight is 218 g/mol. The highest BCUT2D eigenvalue weighted by atomic mass is 16.5. The molecule has 1 aliphatic heterocycles. The molecule has 16 heavy (non-hydrogen) atoms. The summed E-state index contributed by atoms with van der Waals surface area (Å²) in [5.41, 5.74) is 1.34. The molecule has 1 aliphatic rings. The summed E-state index contributed by atoms with van der Waals surface area (Å²) in [4.78, 5) is 17.7. The number of amides is 1. The smallest absolute Gasteiger partial charge is 0.254 e. The highest BCUT2D eigenvalue weighted by Crippen LogP contribution is 2.14. The Labute approximate surface area is 94.5 Å². The molecular formula is C12H14N2O2. The van der Waals surface area contributed by atoms with E-state index < -0.39 is 0 Å². The molecule has 0 spiro atoms. The van der Waals surface area contributed by atoms with Crippen LogP contribution in [0.4, 0.5) is 0 Å². The summed E-state index contributed by atoms with van der Waals surface area (Å²) in [6, 6.07) is 3.58. The van der Waals surface area contributed by atoms with Crippen molar-refractivity contribution in [2.75, 3.05) is 26.3 Å². The van der Waals surface area contributed by atoms with Gasteiger partial charge in [-0.15, -0.1) is 0 Å². The minimum atomic E-state index is -0.0190. The molecule has 2 rings (SSSR count). The number of hydrogen-bond acceptors (Lipinski definition) is 3. The summed E-state index contributed by atoms with van der Waals surface area (Å²) < 4.78 is 5.20. The van der Waals surface area contributed by atoms with Crippen molar-refractivity contribution in [3.05, 3.63) is 36.7 Å². The number of pyridine rings is 1. The van der Waals surface area contributed by atoms with E-state index in [1.807, 2.05) is 0 Å². The van der Waals surface area contributed by atoms with E-state index in [1.165, 1.54) is 0 Å². The minimum Gasteiger partial charge on any atom is -0.378 e. The molecule has 0 radical (unpaired) electrons. The lowest BCUT2D eigenvalue weighted by atomic mass is 10.1. The van der Waals surface area contributed by atoms with Gasteiger partial charge < -0.3 is 9.64 Å². The maximum Gasteiger partial charge on any atom is 0.254 e. The Bertz CT molecular complexity index is 383. The predicted molar refractivity (Wildman–Crippen MR) is 60.7 cm³/mol. The molecule has 0 bridgehead atoms. The van der Waals surface area contributed by atoms with Gasteiger partial charge in [-0.2, -0.15) is 0 Å². The van der Waals surface area contributed by atoms with E-state index in [1.54, 1.807) is 29.4 Å². The van der Waals surface area contributed by atoms with Crippen LogP contribution in [0.2, 0.25) is 0 Å². The predicted octanol–water partition coefficient (Wildman–Crippen LogP) is 0.954. The fourth-order valence-corrected chi connectivity index (χ4v) is 1.63. The van der Waals surface area contributed by atoms with Gasteiger partial charge in [0.1, 0.15) is 0 Å². The van der Waals surface area contributed by atoms with Crippen molar-refractivity contribution in [1.82, 2.24) is 9.88 Å². The maximum absolute atomic E-state index is 12.0. The number of hydrogen-bond donors (Lipinski definition) is 0. The number of rotatable bonds is 2. The Morgan fingerprint density at radius 3 is 2.56 bits per heavy atom. The summed E-state index contributed by atoms with van der Waals surface area (Å²) in [5.74, 6) is -0.0190. The molecule has 0 N–H and O–H groups in total. The molecule has 1 fully saturated rings. The third kappa shape index (κ3) is 2.28. The Morgan fingerprint density at radius 1 is 1.31 bits per heavy atom. The molecule has 1 aromatic rings. The van der Waals surface area contributed by atoms with Gasteiger partial charge in [0.15, 0.2) is 0 Å². The van der Waals surface area contributed by atoms with Crippen LogP contribution in [0.5, 0.6) is 0 Å². The van der Waals surface area contributed by atoms with Crippen LogP contribution < -0.4 is 0 Å². The van der Waals surface area contributed by atoms with E-state index in [0.29, 0.717) is 31.9 Å². The first kappa shape index (κ1) is 10.8. The number of nitrogens with zero attached hydrogens (tertiary/aromatic N) is 2. The second kappa shape index (κ2) is 4.90. The highest BCUT2D eigenvalue weighted by molar-refractivity contribution is 6.18. The third-order valence-corrected chi connectivity index (χ3v) is 2.59. The third-order valence-electron chi connectivity index (χ3n) is 2.59. The number of morpholine rings is 1. The van der Waals surface area contributed by atoms with E-state index in [4.69, 9.17) is 4.74 Å². The van der Waals surface area contributed by atoms with Gasteiger partial charge in [0, 0.05) is 31.1 Å². The van der Waals surface area contributed by atoms with Crippen molar-refractivity contribution in [2.45, 2.75) is 0 Å². The summed E-state index contributed by atoms with van der Waals surface area (Å²) in [5, 5.41) is 0. The Kier molecular flexibility index (Phi) is 3.31. The van der Waals surface area contributed by atoms with Gasteiger partial charge in [-0.1, -0.05) is 6.58 Å². The summed E-state index contributed by atoms with van der Waals surface area (Å²) >= 11 is 0. The second-order valence-electron chi connectivity index (χ2n) is 3.62. The lowest BCUT2D eigenvalue weighted by Gasteiger charge is -2.27. The topological polar surface area (TPSA) is 42.4 Å². The molecule has 0 aromatic carbocycles. The lowest BCUT2D eigenvalue weighted by Crippen LogP contribution is -2.40. The van der Waals surface area contributed by atoms with Crippen molar-refractivity contribution in [3.8, 4) is 0 Å². The number of carbonyl (C=O) groups is 1. The maximum atomic E-state index is 12.0. The molecule has 2 heterocycles. The first-order valence-corrected chi connectivity index (χ1v) is 5.25. The highest BCUT2D eigenvalue weighted by Gasteiger charge is 2.19. The van der Waals surface area contributed by atoms with Gasteiger partial charge in [-0.3, -0.25) is 9.78 Å². The van der Waals surface area contributed by atoms with E-state index in [2.05, 4.69) is 11.6 Å². The average Bonchev–Trinajstić information content (AvgIpc) is 2.39. The Morgan fingerprint density at radius 2 is 1.94 bits per heavy atom. The van der Waals surface area contributed by atoms with Crippen LogP contribution in [0.15, 0.2) is 31.1 Å². The van der Waals surface area contributed by atoms with Gasteiger partial charge in [-0.25, -0.2) is 0 Å². The summed E-state index contributed by atoms with van der Waals surface area (Å²) in [7, 11) is 0. The fourth-order valence-electron chi connectivity index (χ4n) is 1.63. The number of carbonyl (C=O) groups excluding carboxylic acids is 1. The molecule has 4 heteroatoms. The Balaban J connectivity index is 2.07. The quantitative estimate of drug-likeness (QED) is 0.694. The first-order chi connectivity index (χ1) is 7.79. The largest absolute Gasteiger partial charge is 0.378 e. The van der Waals surface area contributed by atoms with Crippen LogP contribution in [0.25, 0.3) is 5.57 Å². The van der Waals surface area contributed by atoms with Crippen LogP contribution in [0, 0.1) is 0 Å². The van der Waals surface area contributed by atoms with Gasteiger partial charge in [0.2, 0.25) is 0 Å². The zero-order valence-corrected chi connectivity index (χ0v) is 9.06. The fraction of sp³-hybridized carbons (Fsp3) is 0.333. The molecular weight excluding hydrogens is 204 g/mol. The minimum absolute atomic E-state index is 0.0190. The van der Waals surface area contributed by atoms with Crippen LogP contribution >= 0.6 is 0 Å². The zero-order valence-electron chi connectivity index (χ0n) is 9.06. The van der Waals surface area contributed by atoms with E-state index in [9.17, 15) is 4.79 Å². The first-order valence-electron chi connectivity index (χ1n) is 5.25. The molecule has 1 amide bonds. The number of ether oxygens (including phenoxy) is 1. The van der Waals surface area contributed by atoms with Gasteiger partial charge in [0.05, 0.1) is 13.2 Å². The molecule has 1 saturated heterocycles. The number of aromatic nitrogens is 1. The van der Waals surface area contributed by atoms with E-state index in [-0.39, 0.29) is 5.91 Å². The molecule has 0 unspecified atom stereocenters. The zero-order chi connectivity index (χ0) is 11.4. The van der Waals surface area contributed by atoms with Crippen molar-refractivity contribution in [1.29, 1.82) is 0 Å². The van der Waals surface area contributed by atoms with Crippen LogP contribution in [-0.2, 0) is 9.53 Å². The van der Waals surface area contributed by atoms with Crippen LogP contribution in [-0.4, -0.2) is 42.1 Å². The normalized spacial score (nSPS) is 15.9. The van der Waals surface area contributed by atoms with Crippen molar-refractivity contribution in [2.24, 2.45) is 0 Å². The van der Waals surface area contributed by atoms with E-state index >= 15 is 0 Å². The molecule has 4 nitrogen and oxygen atoms in total. The standard InChI is InChI=1S/C12H14N2O2/c1-10(11-2-4-13-5-3-11)12(15)14-6-8-16-9-7-14/h2-5H,1,6-9H2. The van der Waals surface area contributed by atoms with E-state index in [0.717, 1.165) is 5.56 Å². The molecule has 0 aliphatic carbocycles. The van der Waals surface area contributed by atoms with Gasteiger partial charge >= 0.3 is 0 Å². The van der Waals surface area contributed by atoms with Gasteiger partial charge in [-0.05, 0) is 17.7 Å². The second-order valence-corrected chi connectivity index (χ2v) is 3.62. The lowest BCUT2D eigenvalue weighted by molar-refractivity contribution is -0.128.